The zero-order valence-electron chi connectivity index (χ0n) is 13.1. The maximum absolute atomic E-state index is 13.2. The summed E-state index contributed by atoms with van der Waals surface area (Å²) >= 11 is 0. The van der Waals surface area contributed by atoms with E-state index < -0.39 is 0 Å². The first-order chi connectivity index (χ1) is 10.2. The van der Waals surface area contributed by atoms with E-state index in [0.717, 1.165) is 38.8 Å². The molecule has 3 rings (SSSR count). The topological polar surface area (TPSA) is 32.3 Å². The smallest absolute Gasteiger partial charge is 0.233 e. The van der Waals surface area contributed by atoms with Gasteiger partial charge in [-0.1, -0.05) is 44.2 Å². The van der Waals surface area contributed by atoms with Crippen molar-refractivity contribution in [3.63, 3.8) is 0 Å². The normalized spacial score (nSPS) is 27.4. The van der Waals surface area contributed by atoms with Gasteiger partial charge in [-0.25, -0.2) is 0 Å². The molecule has 3 nitrogen and oxygen atoms in total. The summed E-state index contributed by atoms with van der Waals surface area (Å²) in [6.07, 6.45) is 4.12. The highest BCUT2D eigenvalue weighted by atomic mass is 16.2. The van der Waals surface area contributed by atoms with E-state index in [4.69, 9.17) is 0 Å². The van der Waals surface area contributed by atoms with Crippen molar-refractivity contribution in [2.45, 2.75) is 57.0 Å². The van der Waals surface area contributed by atoms with Gasteiger partial charge in [-0.15, -0.1) is 0 Å². The van der Waals surface area contributed by atoms with Crippen LogP contribution in [0.2, 0.25) is 0 Å². The first kappa shape index (κ1) is 14.6. The summed E-state index contributed by atoms with van der Waals surface area (Å²) in [6.45, 7) is 6.17. The molecule has 1 aromatic carbocycles. The van der Waals surface area contributed by atoms with E-state index >= 15 is 0 Å². The number of carbonyl (C=O) groups excluding carboxylic acids is 1. The van der Waals surface area contributed by atoms with Crippen LogP contribution in [0.25, 0.3) is 0 Å². The number of amides is 1. The molecule has 2 aliphatic rings. The summed E-state index contributed by atoms with van der Waals surface area (Å²) in [7, 11) is 0. The number of nitrogens with zero attached hydrogens (tertiary/aromatic N) is 1. The predicted molar refractivity (Wildman–Crippen MR) is 85.2 cm³/mol. The fourth-order valence-corrected chi connectivity index (χ4v) is 3.53. The summed E-state index contributed by atoms with van der Waals surface area (Å²) in [4.78, 5) is 15.4. The Kier molecular flexibility index (Phi) is 4.03. The standard InChI is InChI=1S/C18H26N2O/c1-3-15-13-20(16(4-2)12-19-15)17(21)18(10-11-18)14-8-6-5-7-9-14/h5-9,15-16,19H,3-4,10-13H2,1-2H3. The van der Waals surface area contributed by atoms with Crippen molar-refractivity contribution in [2.75, 3.05) is 13.1 Å². The number of carbonyl (C=O) groups is 1. The van der Waals surface area contributed by atoms with Crippen LogP contribution >= 0.6 is 0 Å². The molecule has 1 aliphatic heterocycles. The Morgan fingerprint density at radius 3 is 2.52 bits per heavy atom. The fraction of sp³-hybridized carbons (Fsp3) is 0.611. The van der Waals surface area contributed by atoms with Gasteiger partial charge in [-0.3, -0.25) is 4.79 Å². The summed E-state index contributed by atoms with van der Waals surface area (Å²) in [5.41, 5.74) is 0.987. The van der Waals surface area contributed by atoms with Gasteiger partial charge in [-0.05, 0) is 31.2 Å². The molecule has 0 spiro atoms. The second-order valence-corrected chi connectivity index (χ2v) is 6.48. The maximum Gasteiger partial charge on any atom is 0.233 e. The van der Waals surface area contributed by atoms with Gasteiger partial charge in [0.1, 0.15) is 0 Å². The molecule has 2 atom stereocenters. The molecule has 21 heavy (non-hydrogen) atoms. The molecule has 1 aliphatic carbocycles. The Balaban J connectivity index is 1.83. The first-order valence-electron chi connectivity index (χ1n) is 8.31. The first-order valence-corrected chi connectivity index (χ1v) is 8.31. The second kappa shape index (κ2) is 5.80. The van der Waals surface area contributed by atoms with Gasteiger partial charge >= 0.3 is 0 Å². The van der Waals surface area contributed by atoms with Gasteiger partial charge in [-0.2, -0.15) is 0 Å². The third kappa shape index (κ3) is 2.59. The van der Waals surface area contributed by atoms with Gasteiger partial charge in [0.05, 0.1) is 5.41 Å². The van der Waals surface area contributed by atoms with E-state index in [1.54, 1.807) is 0 Å². The Labute approximate surface area is 127 Å². The van der Waals surface area contributed by atoms with Crippen molar-refractivity contribution in [3.05, 3.63) is 35.9 Å². The molecule has 1 N–H and O–H groups in total. The third-order valence-electron chi connectivity index (χ3n) is 5.21. The average molecular weight is 286 g/mol. The zero-order valence-corrected chi connectivity index (χ0v) is 13.1. The van der Waals surface area contributed by atoms with Crippen LogP contribution in [0, 0.1) is 0 Å². The van der Waals surface area contributed by atoms with Crippen LogP contribution in [0.3, 0.4) is 0 Å². The number of hydrogen-bond donors (Lipinski definition) is 1. The molecule has 1 saturated carbocycles. The van der Waals surface area contributed by atoms with Crippen LogP contribution < -0.4 is 5.32 Å². The highest BCUT2D eigenvalue weighted by Crippen LogP contribution is 2.50. The largest absolute Gasteiger partial charge is 0.336 e. The molecule has 1 amide bonds. The molecule has 1 aromatic rings. The minimum Gasteiger partial charge on any atom is -0.336 e. The lowest BCUT2D eigenvalue weighted by atomic mass is 9.92. The van der Waals surface area contributed by atoms with Crippen molar-refractivity contribution < 1.29 is 4.79 Å². The molecule has 0 aromatic heterocycles. The van der Waals surface area contributed by atoms with Crippen molar-refractivity contribution >= 4 is 5.91 Å². The van der Waals surface area contributed by atoms with E-state index in [2.05, 4.69) is 36.2 Å². The van der Waals surface area contributed by atoms with Crippen LogP contribution in [-0.2, 0) is 10.2 Å². The maximum atomic E-state index is 13.2. The molecule has 1 saturated heterocycles. The zero-order chi connectivity index (χ0) is 14.9. The molecule has 0 bridgehead atoms. The van der Waals surface area contributed by atoms with Crippen molar-refractivity contribution in [2.24, 2.45) is 0 Å². The lowest BCUT2D eigenvalue weighted by Gasteiger charge is -2.41. The lowest BCUT2D eigenvalue weighted by molar-refractivity contribution is -0.138. The number of rotatable bonds is 4. The Bertz CT molecular complexity index is 495. The SMILES string of the molecule is CCC1CN(C(=O)C2(c3ccccc3)CC2)C(CC)CN1. The molecule has 114 valence electrons. The van der Waals surface area contributed by atoms with Crippen LogP contribution in [-0.4, -0.2) is 36.0 Å². The summed E-state index contributed by atoms with van der Waals surface area (Å²) < 4.78 is 0. The van der Waals surface area contributed by atoms with E-state index in [1.807, 2.05) is 18.2 Å². The molecule has 1 heterocycles. The highest BCUT2D eigenvalue weighted by Gasteiger charge is 2.54. The summed E-state index contributed by atoms with van der Waals surface area (Å²) in [6, 6.07) is 11.2. The van der Waals surface area contributed by atoms with Crippen LogP contribution in [0.5, 0.6) is 0 Å². The monoisotopic (exact) mass is 286 g/mol. The molecule has 3 heteroatoms. The van der Waals surface area contributed by atoms with Crippen molar-refractivity contribution in [3.8, 4) is 0 Å². The van der Waals surface area contributed by atoms with Crippen LogP contribution in [0.1, 0.15) is 45.1 Å². The molecular formula is C18H26N2O. The van der Waals surface area contributed by atoms with E-state index in [9.17, 15) is 4.79 Å². The highest BCUT2D eigenvalue weighted by molar-refractivity contribution is 5.91. The van der Waals surface area contributed by atoms with Gasteiger partial charge in [0, 0.05) is 25.2 Å². The number of nitrogens with one attached hydrogen (secondary N) is 1. The fourth-order valence-electron chi connectivity index (χ4n) is 3.53. The Hall–Kier alpha value is -1.35. The molecule has 0 radical (unpaired) electrons. The van der Waals surface area contributed by atoms with E-state index in [1.165, 1.54) is 5.56 Å². The van der Waals surface area contributed by atoms with Crippen molar-refractivity contribution in [1.82, 2.24) is 10.2 Å². The third-order valence-corrected chi connectivity index (χ3v) is 5.21. The van der Waals surface area contributed by atoms with Gasteiger partial charge < -0.3 is 10.2 Å². The number of piperazine rings is 1. The lowest BCUT2D eigenvalue weighted by Crippen LogP contribution is -2.59. The summed E-state index contributed by atoms with van der Waals surface area (Å²) in [5.74, 6) is 0.362. The second-order valence-electron chi connectivity index (χ2n) is 6.48. The van der Waals surface area contributed by atoms with Gasteiger partial charge in [0.2, 0.25) is 5.91 Å². The quantitative estimate of drug-likeness (QED) is 0.923. The average Bonchev–Trinajstić information content (AvgIpc) is 3.36. The Morgan fingerprint density at radius 2 is 1.95 bits per heavy atom. The van der Waals surface area contributed by atoms with E-state index in [0.29, 0.717) is 18.0 Å². The van der Waals surface area contributed by atoms with Crippen LogP contribution in [0.4, 0.5) is 0 Å². The number of hydrogen-bond acceptors (Lipinski definition) is 2. The van der Waals surface area contributed by atoms with Gasteiger partial charge in [0.25, 0.3) is 0 Å². The predicted octanol–water partition coefficient (Wildman–Crippen LogP) is 2.71. The Morgan fingerprint density at radius 1 is 1.24 bits per heavy atom. The van der Waals surface area contributed by atoms with Gasteiger partial charge in [0.15, 0.2) is 0 Å². The molecular weight excluding hydrogens is 260 g/mol. The van der Waals surface area contributed by atoms with E-state index in [-0.39, 0.29) is 5.41 Å². The minimum atomic E-state index is -0.218. The molecule has 2 unspecified atom stereocenters. The number of benzene rings is 1. The van der Waals surface area contributed by atoms with Crippen LogP contribution in [0.15, 0.2) is 30.3 Å². The molecule has 2 fully saturated rings. The van der Waals surface area contributed by atoms with Crippen molar-refractivity contribution in [1.29, 1.82) is 0 Å². The summed E-state index contributed by atoms with van der Waals surface area (Å²) in [5, 5.41) is 3.57. The minimum absolute atomic E-state index is 0.218.